The van der Waals surface area contributed by atoms with Crippen LogP contribution in [-0.2, 0) is 16.0 Å². The van der Waals surface area contributed by atoms with Crippen molar-refractivity contribution in [3.8, 4) is 0 Å². The second-order valence-electron chi connectivity index (χ2n) is 4.20. The second-order valence-corrected chi connectivity index (χ2v) is 4.20. The number of hydrogen-bond acceptors (Lipinski definition) is 2. The molecule has 0 radical (unpaired) electrons. The SMILES string of the molecule is CC1=C2C(=O)OCC2Cc2ccccc21. The van der Waals surface area contributed by atoms with Crippen molar-refractivity contribution in [1.29, 1.82) is 0 Å². The van der Waals surface area contributed by atoms with Crippen LogP contribution in [0.4, 0.5) is 0 Å². The standard InChI is InChI=1S/C13H12O2/c1-8-11-5-3-2-4-9(11)6-10-7-15-13(14)12(8)10/h2-5,10H,6-7H2,1H3. The van der Waals surface area contributed by atoms with Gasteiger partial charge < -0.3 is 4.74 Å². The van der Waals surface area contributed by atoms with E-state index in [0.29, 0.717) is 6.61 Å². The summed E-state index contributed by atoms with van der Waals surface area (Å²) in [6.07, 6.45) is 0.939. The monoisotopic (exact) mass is 200 g/mol. The van der Waals surface area contributed by atoms with Crippen molar-refractivity contribution in [2.45, 2.75) is 13.3 Å². The first-order chi connectivity index (χ1) is 7.27. The predicted octanol–water partition coefficient (Wildman–Crippen LogP) is 2.19. The van der Waals surface area contributed by atoms with Gasteiger partial charge in [0.2, 0.25) is 0 Å². The minimum Gasteiger partial charge on any atom is -0.462 e. The highest BCUT2D eigenvalue weighted by molar-refractivity contribution is 6.00. The van der Waals surface area contributed by atoms with Crippen molar-refractivity contribution in [3.05, 3.63) is 41.0 Å². The third-order valence-corrected chi connectivity index (χ3v) is 3.34. The summed E-state index contributed by atoms with van der Waals surface area (Å²) in [4.78, 5) is 11.5. The Labute approximate surface area is 88.6 Å². The topological polar surface area (TPSA) is 26.3 Å². The third kappa shape index (κ3) is 1.14. The van der Waals surface area contributed by atoms with Gasteiger partial charge in [0.25, 0.3) is 0 Å². The lowest BCUT2D eigenvalue weighted by Gasteiger charge is -2.21. The van der Waals surface area contributed by atoms with Crippen LogP contribution in [0.25, 0.3) is 5.57 Å². The summed E-state index contributed by atoms with van der Waals surface area (Å²) >= 11 is 0. The second kappa shape index (κ2) is 2.96. The Bertz CT molecular complexity index is 471. The van der Waals surface area contributed by atoms with E-state index in [1.165, 1.54) is 11.1 Å². The summed E-state index contributed by atoms with van der Waals surface area (Å²) in [6.45, 7) is 2.58. The van der Waals surface area contributed by atoms with Gasteiger partial charge in [0.15, 0.2) is 0 Å². The number of rotatable bonds is 0. The summed E-state index contributed by atoms with van der Waals surface area (Å²) in [5.41, 5.74) is 4.54. The Hall–Kier alpha value is -1.57. The molecule has 0 aromatic heterocycles. The molecule has 2 aliphatic rings. The number of carbonyl (C=O) groups is 1. The van der Waals surface area contributed by atoms with Gasteiger partial charge in [-0.2, -0.15) is 0 Å². The fourth-order valence-corrected chi connectivity index (χ4v) is 2.60. The zero-order chi connectivity index (χ0) is 10.4. The van der Waals surface area contributed by atoms with E-state index in [1.54, 1.807) is 0 Å². The molecule has 15 heavy (non-hydrogen) atoms. The van der Waals surface area contributed by atoms with E-state index in [9.17, 15) is 4.79 Å². The Kier molecular flexibility index (Phi) is 1.72. The van der Waals surface area contributed by atoms with Crippen LogP contribution < -0.4 is 0 Å². The molecule has 2 nitrogen and oxygen atoms in total. The van der Waals surface area contributed by atoms with Gasteiger partial charge in [-0.15, -0.1) is 0 Å². The minimum absolute atomic E-state index is 0.119. The maximum atomic E-state index is 11.5. The van der Waals surface area contributed by atoms with Crippen molar-refractivity contribution in [2.24, 2.45) is 5.92 Å². The Morgan fingerprint density at radius 3 is 3.00 bits per heavy atom. The molecule has 0 bridgehead atoms. The molecule has 1 aromatic carbocycles. The molecule has 3 rings (SSSR count). The molecule has 1 aromatic rings. The van der Waals surface area contributed by atoms with E-state index in [4.69, 9.17) is 4.74 Å². The molecular weight excluding hydrogens is 188 g/mol. The van der Waals surface area contributed by atoms with Gasteiger partial charge in [0.05, 0.1) is 6.61 Å². The quantitative estimate of drug-likeness (QED) is 0.600. The van der Waals surface area contributed by atoms with Crippen LogP contribution in [-0.4, -0.2) is 12.6 Å². The van der Waals surface area contributed by atoms with E-state index in [-0.39, 0.29) is 11.9 Å². The van der Waals surface area contributed by atoms with Gasteiger partial charge in [-0.1, -0.05) is 24.3 Å². The molecule has 0 saturated carbocycles. The molecule has 0 amide bonds. The van der Waals surface area contributed by atoms with E-state index in [0.717, 1.165) is 17.6 Å². The van der Waals surface area contributed by atoms with Crippen LogP contribution in [0, 0.1) is 5.92 Å². The highest BCUT2D eigenvalue weighted by atomic mass is 16.5. The van der Waals surface area contributed by atoms with E-state index < -0.39 is 0 Å². The summed E-state index contributed by atoms with van der Waals surface area (Å²) in [7, 11) is 0. The first-order valence-electron chi connectivity index (χ1n) is 5.23. The van der Waals surface area contributed by atoms with E-state index in [1.807, 2.05) is 13.0 Å². The smallest absolute Gasteiger partial charge is 0.334 e. The average molecular weight is 200 g/mol. The molecule has 1 aliphatic heterocycles. The molecule has 1 atom stereocenters. The molecule has 1 aliphatic carbocycles. The molecule has 76 valence electrons. The van der Waals surface area contributed by atoms with Gasteiger partial charge in [-0.3, -0.25) is 0 Å². The number of fused-ring (bicyclic) bond motifs is 2. The van der Waals surface area contributed by atoms with Crippen molar-refractivity contribution in [2.75, 3.05) is 6.61 Å². The van der Waals surface area contributed by atoms with Gasteiger partial charge in [-0.25, -0.2) is 4.79 Å². The third-order valence-electron chi connectivity index (χ3n) is 3.34. The molecule has 1 unspecified atom stereocenters. The molecule has 1 fully saturated rings. The summed E-state index contributed by atoms with van der Waals surface area (Å²) in [5.74, 6) is 0.166. The Morgan fingerprint density at radius 1 is 1.33 bits per heavy atom. The summed E-state index contributed by atoms with van der Waals surface area (Å²) < 4.78 is 5.10. The zero-order valence-electron chi connectivity index (χ0n) is 8.62. The lowest BCUT2D eigenvalue weighted by Crippen LogP contribution is -2.15. The van der Waals surface area contributed by atoms with Gasteiger partial charge >= 0.3 is 5.97 Å². The summed E-state index contributed by atoms with van der Waals surface area (Å²) in [5, 5.41) is 0. The number of ether oxygens (including phenoxy) is 1. The Morgan fingerprint density at radius 2 is 2.13 bits per heavy atom. The molecule has 1 saturated heterocycles. The van der Waals surface area contributed by atoms with Crippen LogP contribution in [0.5, 0.6) is 0 Å². The number of benzene rings is 1. The molecule has 1 heterocycles. The van der Waals surface area contributed by atoms with Crippen molar-refractivity contribution < 1.29 is 9.53 Å². The van der Waals surface area contributed by atoms with Gasteiger partial charge in [0, 0.05) is 11.5 Å². The lowest BCUT2D eigenvalue weighted by atomic mass is 9.81. The molecule has 0 spiro atoms. The van der Waals surface area contributed by atoms with E-state index in [2.05, 4.69) is 18.2 Å². The van der Waals surface area contributed by atoms with Crippen LogP contribution in [0.2, 0.25) is 0 Å². The number of hydrogen-bond donors (Lipinski definition) is 0. The normalized spacial score (nSPS) is 23.5. The number of carbonyl (C=O) groups excluding carboxylic acids is 1. The predicted molar refractivity (Wildman–Crippen MR) is 57.2 cm³/mol. The maximum Gasteiger partial charge on any atom is 0.334 e. The van der Waals surface area contributed by atoms with Crippen LogP contribution in [0.1, 0.15) is 18.1 Å². The number of cyclic esters (lactones) is 1. The number of esters is 1. The van der Waals surface area contributed by atoms with Gasteiger partial charge in [0.1, 0.15) is 0 Å². The summed E-state index contributed by atoms with van der Waals surface area (Å²) in [6, 6.07) is 8.29. The fraction of sp³-hybridized carbons (Fsp3) is 0.308. The molecule has 2 heteroatoms. The van der Waals surface area contributed by atoms with Crippen molar-refractivity contribution >= 4 is 11.5 Å². The maximum absolute atomic E-state index is 11.5. The Balaban J connectivity index is 2.22. The minimum atomic E-state index is -0.119. The average Bonchev–Trinajstić information content (AvgIpc) is 2.61. The van der Waals surface area contributed by atoms with Crippen LogP contribution >= 0.6 is 0 Å². The van der Waals surface area contributed by atoms with E-state index >= 15 is 0 Å². The largest absolute Gasteiger partial charge is 0.462 e. The van der Waals surface area contributed by atoms with Crippen LogP contribution in [0.15, 0.2) is 29.8 Å². The van der Waals surface area contributed by atoms with Crippen molar-refractivity contribution in [1.82, 2.24) is 0 Å². The number of allylic oxidation sites excluding steroid dienone is 1. The highest BCUT2D eigenvalue weighted by Crippen LogP contribution is 2.38. The van der Waals surface area contributed by atoms with Gasteiger partial charge in [-0.05, 0) is 30.0 Å². The van der Waals surface area contributed by atoms with Crippen molar-refractivity contribution in [3.63, 3.8) is 0 Å². The molecular formula is C13H12O2. The molecule has 0 N–H and O–H groups in total. The first-order valence-corrected chi connectivity index (χ1v) is 5.23. The first kappa shape index (κ1) is 8.72. The fourth-order valence-electron chi connectivity index (χ4n) is 2.60. The zero-order valence-corrected chi connectivity index (χ0v) is 8.62. The lowest BCUT2D eigenvalue weighted by molar-refractivity contribution is -0.135. The van der Waals surface area contributed by atoms with Crippen LogP contribution in [0.3, 0.4) is 0 Å². The highest BCUT2D eigenvalue weighted by Gasteiger charge is 2.36.